The normalized spacial score (nSPS) is 10.6. The molecule has 2 heterocycles. The molecule has 0 saturated heterocycles. The highest BCUT2D eigenvalue weighted by atomic mass is 79.9. The number of nitrogens with zero attached hydrogens (tertiary/aromatic N) is 2. The Balaban J connectivity index is 1.92. The molecule has 0 atom stereocenters. The second-order valence-electron chi connectivity index (χ2n) is 3.48. The minimum Gasteiger partial charge on any atom is -0.423 e. The van der Waals surface area contributed by atoms with Gasteiger partial charge in [0.15, 0.2) is 5.58 Å². The van der Waals surface area contributed by atoms with Gasteiger partial charge in [0.1, 0.15) is 10.1 Å². The molecule has 17 heavy (non-hydrogen) atoms. The molecule has 0 unspecified atom stereocenters. The molecule has 0 saturated carbocycles. The van der Waals surface area contributed by atoms with Crippen LogP contribution in [0.3, 0.4) is 0 Å². The summed E-state index contributed by atoms with van der Waals surface area (Å²) in [5, 5.41) is 3.06. The van der Waals surface area contributed by atoms with Gasteiger partial charge in [-0.05, 0) is 40.2 Å². The van der Waals surface area contributed by atoms with Crippen molar-refractivity contribution in [1.82, 2.24) is 9.97 Å². The first-order valence-electron chi connectivity index (χ1n) is 5.05. The molecule has 0 spiro atoms. The molecule has 5 heteroatoms. The van der Waals surface area contributed by atoms with Gasteiger partial charge in [0.2, 0.25) is 0 Å². The van der Waals surface area contributed by atoms with E-state index in [1.54, 1.807) is 6.20 Å². The topological polar surface area (TPSA) is 51.0 Å². The highest BCUT2D eigenvalue weighted by molar-refractivity contribution is 9.10. The molecule has 0 aliphatic carbocycles. The van der Waals surface area contributed by atoms with Crippen LogP contribution in [-0.2, 0) is 0 Å². The first kappa shape index (κ1) is 10.3. The summed E-state index contributed by atoms with van der Waals surface area (Å²) in [6.07, 6.45) is 1.71. The lowest BCUT2D eigenvalue weighted by Crippen LogP contribution is -1.90. The predicted molar refractivity (Wildman–Crippen MR) is 69.2 cm³/mol. The fourth-order valence-electron chi connectivity index (χ4n) is 1.50. The zero-order chi connectivity index (χ0) is 11.7. The van der Waals surface area contributed by atoms with Crippen LogP contribution in [0.25, 0.3) is 11.1 Å². The number of oxazole rings is 1. The number of rotatable bonds is 2. The lowest BCUT2D eigenvalue weighted by molar-refractivity contribution is 0.623. The van der Waals surface area contributed by atoms with E-state index in [9.17, 15) is 0 Å². The van der Waals surface area contributed by atoms with Crippen LogP contribution in [-0.4, -0.2) is 9.97 Å². The molecule has 3 aromatic rings. The Labute approximate surface area is 106 Å². The maximum absolute atomic E-state index is 5.54. The number of pyridine rings is 1. The summed E-state index contributed by atoms with van der Waals surface area (Å²) in [4.78, 5) is 8.43. The van der Waals surface area contributed by atoms with Crippen molar-refractivity contribution in [3.63, 3.8) is 0 Å². The van der Waals surface area contributed by atoms with Crippen LogP contribution < -0.4 is 5.32 Å². The maximum Gasteiger partial charge on any atom is 0.300 e. The number of aromatic nitrogens is 2. The molecular formula is C12H8BrN3O. The lowest BCUT2D eigenvalue weighted by Gasteiger charge is -1.99. The van der Waals surface area contributed by atoms with Gasteiger partial charge in [-0.2, -0.15) is 4.98 Å². The van der Waals surface area contributed by atoms with Crippen molar-refractivity contribution in [2.45, 2.75) is 0 Å². The standard InChI is InChI=1S/C12H8BrN3O/c13-11-6-5-8(7-14-11)15-12-16-9-3-1-2-4-10(9)17-12/h1-7H,(H,15,16). The second kappa shape index (κ2) is 4.18. The fraction of sp³-hybridized carbons (Fsp3) is 0. The van der Waals surface area contributed by atoms with Crippen LogP contribution in [0.4, 0.5) is 11.7 Å². The third kappa shape index (κ3) is 2.14. The molecule has 4 nitrogen and oxygen atoms in total. The molecule has 84 valence electrons. The highest BCUT2D eigenvalue weighted by Crippen LogP contribution is 2.21. The molecule has 1 N–H and O–H groups in total. The zero-order valence-corrected chi connectivity index (χ0v) is 10.3. The zero-order valence-electron chi connectivity index (χ0n) is 8.72. The Morgan fingerprint density at radius 2 is 2.00 bits per heavy atom. The number of hydrogen-bond acceptors (Lipinski definition) is 4. The third-order valence-corrected chi connectivity index (χ3v) is 2.74. The van der Waals surface area contributed by atoms with Gasteiger partial charge in [-0.15, -0.1) is 0 Å². The summed E-state index contributed by atoms with van der Waals surface area (Å²) < 4.78 is 6.33. The first-order valence-corrected chi connectivity index (χ1v) is 5.85. The third-order valence-electron chi connectivity index (χ3n) is 2.27. The molecule has 0 fully saturated rings. The molecular weight excluding hydrogens is 282 g/mol. The van der Waals surface area contributed by atoms with Crippen LogP contribution in [0.5, 0.6) is 0 Å². The molecule has 0 aliphatic rings. The second-order valence-corrected chi connectivity index (χ2v) is 4.29. The monoisotopic (exact) mass is 289 g/mol. The summed E-state index contributed by atoms with van der Waals surface area (Å²) >= 11 is 3.28. The van der Waals surface area contributed by atoms with Gasteiger partial charge in [0.05, 0.1) is 11.9 Å². The number of halogens is 1. The highest BCUT2D eigenvalue weighted by Gasteiger charge is 2.04. The molecule has 2 aromatic heterocycles. The van der Waals surface area contributed by atoms with E-state index in [-0.39, 0.29) is 0 Å². The lowest BCUT2D eigenvalue weighted by atomic mass is 10.3. The van der Waals surface area contributed by atoms with Crippen LogP contribution in [0.2, 0.25) is 0 Å². The summed E-state index contributed by atoms with van der Waals surface area (Å²) in [5.74, 6) is 0. The van der Waals surface area contributed by atoms with E-state index in [2.05, 4.69) is 31.2 Å². The van der Waals surface area contributed by atoms with Crippen molar-refractivity contribution in [2.24, 2.45) is 0 Å². The largest absolute Gasteiger partial charge is 0.423 e. The Morgan fingerprint density at radius 1 is 1.12 bits per heavy atom. The van der Waals surface area contributed by atoms with Gasteiger partial charge in [0.25, 0.3) is 6.01 Å². The summed E-state index contributed by atoms with van der Waals surface area (Å²) in [6.45, 7) is 0. The van der Waals surface area contributed by atoms with Gasteiger partial charge in [-0.3, -0.25) is 0 Å². The smallest absolute Gasteiger partial charge is 0.300 e. The molecule has 0 bridgehead atoms. The Morgan fingerprint density at radius 3 is 2.76 bits per heavy atom. The molecule has 1 aromatic carbocycles. The van der Waals surface area contributed by atoms with Crippen LogP contribution in [0, 0.1) is 0 Å². The summed E-state index contributed by atoms with van der Waals surface area (Å²) in [6, 6.07) is 11.8. The Kier molecular flexibility index (Phi) is 2.53. The van der Waals surface area contributed by atoms with Crippen molar-refractivity contribution < 1.29 is 4.42 Å². The van der Waals surface area contributed by atoms with Crippen molar-refractivity contribution in [2.75, 3.05) is 5.32 Å². The maximum atomic E-state index is 5.54. The molecule has 0 aliphatic heterocycles. The molecule has 0 amide bonds. The van der Waals surface area contributed by atoms with E-state index in [1.165, 1.54) is 0 Å². The number of anilines is 2. The van der Waals surface area contributed by atoms with E-state index in [1.807, 2.05) is 36.4 Å². The molecule has 3 rings (SSSR count). The van der Waals surface area contributed by atoms with Crippen molar-refractivity contribution in [3.05, 3.63) is 47.2 Å². The van der Waals surface area contributed by atoms with Crippen molar-refractivity contribution >= 4 is 38.7 Å². The number of para-hydroxylation sites is 2. The van der Waals surface area contributed by atoms with Gasteiger partial charge in [-0.1, -0.05) is 12.1 Å². The SMILES string of the molecule is Brc1ccc(Nc2nc3ccccc3o2)cn1. The first-order chi connectivity index (χ1) is 8.31. The summed E-state index contributed by atoms with van der Waals surface area (Å²) in [7, 11) is 0. The van der Waals surface area contributed by atoms with Gasteiger partial charge in [0, 0.05) is 0 Å². The van der Waals surface area contributed by atoms with E-state index in [0.29, 0.717) is 6.01 Å². The average Bonchev–Trinajstić information content (AvgIpc) is 2.74. The molecule has 0 radical (unpaired) electrons. The minimum atomic E-state index is 0.468. The van der Waals surface area contributed by atoms with E-state index in [4.69, 9.17) is 4.42 Å². The minimum absolute atomic E-state index is 0.468. The van der Waals surface area contributed by atoms with E-state index >= 15 is 0 Å². The average molecular weight is 290 g/mol. The van der Waals surface area contributed by atoms with Gasteiger partial charge >= 0.3 is 0 Å². The van der Waals surface area contributed by atoms with Crippen LogP contribution >= 0.6 is 15.9 Å². The Bertz CT molecular complexity index is 615. The quantitative estimate of drug-likeness (QED) is 0.731. The van der Waals surface area contributed by atoms with Gasteiger partial charge < -0.3 is 9.73 Å². The predicted octanol–water partition coefficient (Wildman–Crippen LogP) is 3.73. The summed E-state index contributed by atoms with van der Waals surface area (Å²) in [5.41, 5.74) is 2.43. The number of fused-ring (bicyclic) bond motifs is 1. The van der Waals surface area contributed by atoms with Crippen molar-refractivity contribution in [1.29, 1.82) is 0 Å². The fourth-order valence-corrected chi connectivity index (χ4v) is 1.73. The number of hydrogen-bond donors (Lipinski definition) is 1. The van der Waals surface area contributed by atoms with Crippen LogP contribution in [0.1, 0.15) is 0 Å². The van der Waals surface area contributed by atoms with E-state index in [0.717, 1.165) is 21.4 Å². The van der Waals surface area contributed by atoms with Gasteiger partial charge in [-0.25, -0.2) is 4.98 Å². The van der Waals surface area contributed by atoms with Crippen molar-refractivity contribution in [3.8, 4) is 0 Å². The Hall–Kier alpha value is -1.88. The number of benzene rings is 1. The number of nitrogens with one attached hydrogen (secondary N) is 1. The van der Waals surface area contributed by atoms with E-state index < -0.39 is 0 Å². The van der Waals surface area contributed by atoms with Crippen LogP contribution in [0.15, 0.2) is 51.6 Å².